The predicted octanol–water partition coefficient (Wildman–Crippen LogP) is 8.62. The van der Waals surface area contributed by atoms with E-state index in [9.17, 15) is 9.59 Å². The maximum atomic E-state index is 12.1. The molecule has 44 heavy (non-hydrogen) atoms. The molecule has 1 heterocycles. The third-order valence-corrected chi connectivity index (χ3v) is 9.34. The Kier molecular flexibility index (Phi) is 22.7. The summed E-state index contributed by atoms with van der Waals surface area (Å²) >= 11 is 0. The van der Waals surface area contributed by atoms with Crippen molar-refractivity contribution in [2.75, 3.05) is 32.1 Å². The van der Waals surface area contributed by atoms with Gasteiger partial charge < -0.3 is 24.8 Å². The molecule has 0 aromatic heterocycles. The summed E-state index contributed by atoms with van der Waals surface area (Å²) < 4.78 is 16.2. The summed E-state index contributed by atoms with van der Waals surface area (Å²) in [6.45, 7) is 11.6. The van der Waals surface area contributed by atoms with Crippen molar-refractivity contribution in [1.29, 1.82) is 0 Å². The van der Waals surface area contributed by atoms with Gasteiger partial charge in [0.1, 0.15) is 12.7 Å². The van der Waals surface area contributed by atoms with E-state index in [1.807, 2.05) is 13.8 Å². The fourth-order valence-electron chi connectivity index (χ4n) is 3.76. The monoisotopic (exact) mass is 648 g/mol. The van der Waals surface area contributed by atoms with Crippen molar-refractivity contribution in [2.45, 2.75) is 103 Å². The number of allylic oxidation sites excluding steroid dienone is 12. The van der Waals surface area contributed by atoms with Crippen LogP contribution in [0.1, 0.15) is 86.0 Å². The molecule has 1 aliphatic heterocycles. The lowest BCUT2D eigenvalue weighted by Crippen LogP contribution is -2.37. The molecule has 2 N–H and O–H groups in total. The second-order valence-corrected chi connectivity index (χ2v) is 14.5. The molecule has 1 aliphatic rings. The van der Waals surface area contributed by atoms with E-state index in [4.69, 9.17) is 14.2 Å². The van der Waals surface area contributed by atoms with Gasteiger partial charge in [0.2, 0.25) is 5.91 Å². The summed E-state index contributed by atoms with van der Waals surface area (Å²) in [5, 5.41) is 5.79. The zero-order chi connectivity index (χ0) is 32.4. The molecular formula is C35H56N2O5S2. The molecule has 0 spiro atoms. The first kappa shape index (κ1) is 39.8. The Balaban J connectivity index is 1.98. The number of nitrogens with one attached hydrogen (secondary N) is 2. The molecule has 1 saturated heterocycles. The van der Waals surface area contributed by atoms with E-state index in [-0.39, 0.29) is 23.4 Å². The SMILES string of the molecule is CC/C=C\C/C=C\C/C=C\C/C=C\C/C=C\C/C=C\CCC(=O)NCCSSC(C)(C)CNC(=O)OC[C@@H]1COC(C)(C)O1. The summed E-state index contributed by atoms with van der Waals surface area (Å²) in [4.78, 5) is 24.1. The van der Waals surface area contributed by atoms with Gasteiger partial charge in [0, 0.05) is 30.0 Å². The average molecular weight is 649 g/mol. The summed E-state index contributed by atoms with van der Waals surface area (Å²) in [6, 6.07) is 0. The molecule has 1 rings (SSSR count). The Morgan fingerprint density at radius 2 is 1.41 bits per heavy atom. The largest absolute Gasteiger partial charge is 0.447 e. The van der Waals surface area contributed by atoms with Crippen LogP contribution in [0.4, 0.5) is 4.79 Å². The molecule has 248 valence electrons. The van der Waals surface area contributed by atoms with Crippen molar-refractivity contribution in [3.63, 3.8) is 0 Å². The molecule has 0 unspecified atom stereocenters. The lowest BCUT2D eigenvalue weighted by Gasteiger charge is -2.23. The van der Waals surface area contributed by atoms with Gasteiger partial charge in [-0.2, -0.15) is 0 Å². The number of rotatable bonds is 23. The van der Waals surface area contributed by atoms with Gasteiger partial charge in [-0.1, -0.05) is 101 Å². The first-order valence-electron chi connectivity index (χ1n) is 15.8. The van der Waals surface area contributed by atoms with Crippen molar-refractivity contribution < 1.29 is 23.8 Å². The predicted molar refractivity (Wildman–Crippen MR) is 189 cm³/mol. The molecule has 9 heteroatoms. The number of carbonyl (C=O) groups is 2. The van der Waals surface area contributed by atoms with E-state index < -0.39 is 11.9 Å². The zero-order valence-electron chi connectivity index (χ0n) is 27.6. The topological polar surface area (TPSA) is 85.9 Å². The van der Waals surface area contributed by atoms with Crippen molar-refractivity contribution in [2.24, 2.45) is 0 Å². The molecule has 0 radical (unpaired) electrons. The zero-order valence-corrected chi connectivity index (χ0v) is 29.2. The van der Waals surface area contributed by atoms with Crippen LogP contribution in [0, 0.1) is 0 Å². The molecule has 2 amide bonds. The number of alkyl carbamates (subject to hydrolysis) is 1. The van der Waals surface area contributed by atoms with Crippen LogP contribution in [0.25, 0.3) is 0 Å². The molecule has 0 saturated carbocycles. The van der Waals surface area contributed by atoms with Crippen molar-refractivity contribution in [3.8, 4) is 0 Å². The average Bonchev–Trinajstić information content (AvgIpc) is 3.34. The van der Waals surface area contributed by atoms with Gasteiger partial charge in [-0.3, -0.25) is 4.79 Å². The molecule has 1 fully saturated rings. The highest BCUT2D eigenvalue weighted by molar-refractivity contribution is 8.77. The Labute approximate surface area is 274 Å². The molecule has 7 nitrogen and oxygen atoms in total. The number of carbonyl (C=O) groups excluding carboxylic acids is 2. The van der Waals surface area contributed by atoms with Gasteiger partial charge in [-0.15, -0.1) is 0 Å². The Hall–Kier alpha value is -2.20. The van der Waals surface area contributed by atoms with Gasteiger partial charge in [0.15, 0.2) is 5.79 Å². The molecular weight excluding hydrogens is 593 g/mol. The standard InChI is InChI=1S/C35H56N2O5S2/c1-6-7-8-9-10-11-12-13-14-15-16-17-18-19-20-21-22-23-24-25-32(38)36-26-27-43-44-34(2,3)30-37-33(39)40-28-31-29-41-35(4,5)42-31/h7-8,10-11,13-14,16-17,19-20,22-23,31H,6,9,12,15,18,21,24-30H2,1-5H3,(H,36,38)(H,37,39)/b8-7-,11-10-,14-13-,17-16-,20-19-,23-22-/t31-/m1/s1. The number of amides is 2. The van der Waals surface area contributed by atoms with E-state index in [0.717, 1.165) is 50.7 Å². The minimum Gasteiger partial charge on any atom is -0.447 e. The normalized spacial score (nSPS) is 17.3. The highest BCUT2D eigenvalue weighted by Gasteiger charge is 2.33. The highest BCUT2D eigenvalue weighted by atomic mass is 33.1. The third kappa shape index (κ3) is 24.2. The third-order valence-electron chi connectivity index (χ3n) is 6.05. The summed E-state index contributed by atoms with van der Waals surface area (Å²) in [5.74, 6) is 0.229. The number of hydrogen-bond acceptors (Lipinski definition) is 7. The van der Waals surface area contributed by atoms with Crippen molar-refractivity contribution in [3.05, 3.63) is 72.9 Å². The van der Waals surface area contributed by atoms with Gasteiger partial charge in [-0.25, -0.2) is 4.79 Å². The lowest BCUT2D eigenvalue weighted by molar-refractivity contribution is -0.142. The van der Waals surface area contributed by atoms with E-state index in [1.165, 1.54) is 0 Å². The van der Waals surface area contributed by atoms with Crippen LogP contribution in [0.15, 0.2) is 72.9 Å². The van der Waals surface area contributed by atoms with Gasteiger partial charge >= 0.3 is 6.09 Å². The second-order valence-electron chi connectivity index (χ2n) is 11.4. The quantitative estimate of drug-likeness (QED) is 0.0652. The minimum atomic E-state index is -0.630. The van der Waals surface area contributed by atoms with E-state index in [2.05, 4.69) is 104 Å². The van der Waals surface area contributed by atoms with Gasteiger partial charge in [-0.05, 0) is 72.6 Å². The Morgan fingerprint density at radius 3 is 1.93 bits per heavy atom. The summed E-state index contributed by atoms with van der Waals surface area (Å²) in [6.07, 6.45) is 32.6. The van der Waals surface area contributed by atoms with Gasteiger partial charge in [0.05, 0.1) is 6.61 Å². The fraction of sp³-hybridized carbons (Fsp3) is 0.600. The van der Waals surface area contributed by atoms with E-state index in [0.29, 0.717) is 26.1 Å². The van der Waals surface area contributed by atoms with Crippen LogP contribution < -0.4 is 10.6 Å². The molecule has 0 aromatic rings. The molecule has 1 atom stereocenters. The molecule has 0 aromatic carbocycles. The fourth-order valence-corrected chi connectivity index (χ4v) is 6.11. The maximum absolute atomic E-state index is 12.1. The highest BCUT2D eigenvalue weighted by Crippen LogP contribution is 2.34. The van der Waals surface area contributed by atoms with E-state index in [1.54, 1.807) is 21.6 Å². The van der Waals surface area contributed by atoms with Crippen LogP contribution >= 0.6 is 21.6 Å². The summed E-state index contributed by atoms with van der Waals surface area (Å²) in [5.41, 5.74) is 0. The number of hydrogen-bond donors (Lipinski definition) is 2. The van der Waals surface area contributed by atoms with Gasteiger partial charge in [0.25, 0.3) is 0 Å². The smallest absolute Gasteiger partial charge is 0.407 e. The minimum absolute atomic E-state index is 0.0684. The first-order chi connectivity index (χ1) is 21.1. The van der Waals surface area contributed by atoms with Crippen LogP contribution in [-0.4, -0.2) is 60.7 Å². The lowest BCUT2D eigenvalue weighted by atomic mass is 10.2. The molecule has 0 bridgehead atoms. The number of ether oxygens (including phenoxy) is 3. The Morgan fingerprint density at radius 1 is 0.864 bits per heavy atom. The van der Waals surface area contributed by atoms with Crippen molar-refractivity contribution in [1.82, 2.24) is 10.6 Å². The summed E-state index contributed by atoms with van der Waals surface area (Å²) in [7, 11) is 3.36. The first-order valence-corrected chi connectivity index (χ1v) is 18.1. The van der Waals surface area contributed by atoms with Crippen LogP contribution in [0.2, 0.25) is 0 Å². The second kappa shape index (κ2) is 25.0. The van der Waals surface area contributed by atoms with Crippen LogP contribution in [0.3, 0.4) is 0 Å². The van der Waals surface area contributed by atoms with Crippen LogP contribution in [-0.2, 0) is 19.0 Å². The van der Waals surface area contributed by atoms with E-state index >= 15 is 0 Å². The maximum Gasteiger partial charge on any atom is 0.407 e. The Bertz CT molecular complexity index is 970. The molecule has 0 aliphatic carbocycles. The van der Waals surface area contributed by atoms with Crippen LogP contribution in [0.5, 0.6) is 0 Å². The van der Waals surface area contributed by atoms with Crippen molar-refractivity contribution >= 4 is 33.6 Å².